The molecule has 101 heavy (non-hydrogen) atoms. The third-order valence-corrected chi connectivity index (χ3v) is 19.6. The molecule has 478 valence electrons. The van der Waals surface area contributed by atoms with E-state index in [0.29, 0.717) is 0 Å². The highest BCUT2D eigenvalue weighted by Crippen LogP contribution is 2.58. The van der Waals surface area contributed by atoms with Crippen LogP contribution in [0.3, 0.4) is 0 Å². The zero-order chi connectivity index (χ0) is 67.3. The Morgan fingerprint density at radius 1 is 0.139 bits per heavy atom. The van der Waals surface area contributed by atoms with Gasteiger partial charge in [-0.05, 0) is 260 Å². The Hall–Kier alpha value is -13.3. The average molecular weight is 1290 g/mol. The molecule has 0 unspecified atom stereocenters. The van der Waals surface area contributed by atoms with E-state index in [1.807, 2.05) is 0 Å². The van der Waals surface area contributed by atoms with E-state index >= 15 is 0 Å². The maximum atomic E-state index is 2.49. The van der Waals surface area contributed by atoms with Gasteiger partial charge in [0.1, 0.15) is 0 Å². The molecule has 1 aliphatic rings. The average Bonchev–Trinajstić information content (AvgIpc) is 1.55. The number of rotatable bonds is 18. The molecular formula is C97H70N4. The van der Waals surface area contributed by atoms with Crippen LogP contribution in [0, 0.1) is 0 Å². The van der Waals surface area contributed by atoms with Crippen LogP contribution in [0.1, 0.15) is 22.3 Å². The van der Waals surface area contributed by atoms with Gasteiger partial charge >= 0.3 is 0 Å². The predicted octanol–water partition coefficient (Wildman–Crippen LogP) is 26.6. The van der Waals surface area contributed by atoms with Gasteiger partial charge in [-0.15, -0.1) is 0 Å². The maximum absolute atomic E-state index is 2.49. The minimum atomic E-state index is -0.841. The van der Waals surface area contributed by atoms with Crippen LogP contribution in [-0.2, 0) is 5.41 Å². The summed E-state index contributed by atoms with van der Waals surface area (Å²) in [6.07, 6.45) is 0. The van der Waals surface area contributed by atoms with Crippen LogP contribution in [0.25, 0.3) is 55.6 Å². The quantitative estimate of drug-likeness (QED) is 0.0849. The van der Waals surface area contributed by atoms with Crippen molar-refractivity contribution in [3.8, 4) is 55.6 Å². The van der Waals surface area contributed by atoms with Crippen molar-refractivity contribution in [1.29, 1.82) is 0 Å². The van der Waals surface area contributed by atoms with Gasteiger partial charge in [0.05, 0.1) is 5.41 Å². The number of hydrogen-bond acceptors (Lipinski definition) is 4. The van der Waals surface area contributed by atoms with Crippen molar-refractivity contribution in [2.75, 3.05) is 19.6 Å². The number of fused-ring (bicyclic) bond motifs is 3. The van der Waals surface area contributed by atoms with Gasteiger partial charge in [0.2, 0.25) is 0 Å². The molecule has 0 radical (unpaired) electrons. The lowest BCUT2D eigenvalue weighted by atomic mass is 9.66. The molecule has 0 N–H and O–H groups in total. The first kappa shape index (κ1) is 61.3. The van der Waals surface area contributed by atoms with Crippen LogP contribution in [0.2, 0.25) is 0 Å². The van der Waals surface area contributed by atoms with E-state index in [9.17, 15) is 0 Å². The van der Waals surface area contributed by atoms with Crippen molar-refractivity contribution in [3.63, 3.8) is 0 Å². The highest BCUT2D eigenvalue weighted by Gasteiger charge is 2.47. The number of para-hydroxylation sites is 8. The molecule has 1 aliphatic carbocycles. The normalized spacial score (nSPS) is 11.8. The fraction of sp³-hybridized carbons (Fsp3) is 0.0103. The maximum Gasteiger partial charge on any atom is 0.0714 e. The lowest BCUT2D eigenvalue weighted by Crippen LogP contribution is -2.29. The zero-order valence-corrected chi connectivity index (χ0v) is 55.7. The molecule has 0 heterocycles. The molecule has 0 bridgehead atoms. The van der Waals surface area contributed by atoms with E-state index in [2.05, 4.69) is 444 Å². The van der Waals surface area contributed by atoms with E-state index in [1.54, 1.807) is 0 Å². The van der Waals surface area contributed by atoms with Crippen LogP contribution in [0.5, 0.6) is 0 Å². The molecule has 4 heteroatoms. The van der Waals surface area contributed by atoms with Crippen molar-refractivity contribution >= 4 is 68.2 Å². The van der Waals surface area contributed by atoms with Gasteiger partial charge in [0.15, 0.2) is 0 Å². The highest BCUT2D eigenvalue weighted by molar-refractivity contribution is 5.91. The second-order valence-electron chi connectivity index (χ2n) is 25.7. The molecule has 0 aliphatic heterocycles. The SMILES string of the molecule is c1ccc(N(c2ccccc2)c2ccc(-c3cc(-c4ccc(N(c5ccccc5)c5ccccc5)cc4)cc(C4(c5cc(-c6ccc(N(c7ccccc7)c7ccccc7)cc6)cc(-c6ccc(N(c7ccccc7)c7ccccc7)cc6)c5)c5ccccc5-c5ccccc54)c3)cc2)cc1. The number of benzene rings is 16. The van der Waals surface area contributed by atoms with E-state index < -0.39 is 5.41 Å². The zero-order valence-electron chi connectivity index (χ0n) is 55.7. The molecule has 16 aromatic carbocycles. The topological polar surface area (TPSA) is 13.0 Å². The first-order chi connectivity index (χ1) is 50.1. The second kappa shape index (κ2) is 27.3. The van der Waals surface area contributed by atoms with Gasteiger partial charge in [-0.3, -0.25) is 0 Å². The van der Waals surface area contributed by atoms with Gasteiger partial charge in [-0.2, -0.15) is 0 Å². The fourth-order valence-electron chi connectivity index (χ4n) is 15.0. The monoisotopic (exact) mass is 1290 g/mol. The van der Waals surface area contributed by atoms with Crippen molar-refractivity contribution in [1.82, 2.24) is 0 Å². The Balaban J connectivity index is 0.888. The van der Waals surface area contributed by atoms with E-state index in [-0.39, 0.29) is 0 Å². The summed E-state index contributed by atoms with van der Waals surface area (Å²) in [4.78, 5) is 9.33. The lowest BCUT2D eigenvalue weighted by molar-refractivity contribution is 0.770. The lowest BCUT2D eigenvalue weighted by Gasteiger charge is -2.35. The van der Waals surface area contributed by atoms with Crippen molar-refractivity contribution in [2.24, 2.45) is 0 Å². The molecular weight excluding hydrogens is 1220 g/mol. The second-order valence-corrected chi connectivity index (χ2v) is 25.7. The Morgan fingerprint density at radius 3 is 0.505 bits per heavy atom. The summed E-state index contributed by atoms with van der Waals surface area (Å²) in [7, 11) is 0. The van der Waals surface area contributed by atoms with Gasteiger partial charge in [-0.25, -0.2) is 0 Å². The molecule has 17 rings (SSSR count). The minimum absolute atomic E-state index is 0.841. The van der Waals surface area contributed by atoms with Crippen molar-refractivity contribution in [2.45, 2.75) is 5.41 Å². The summed E-state index contributed by atoms with van der Waals surface area (Å²) in [6.45, 7) is 0. The molecule has 0 amide bonds. The van der Waals surface area contributed by atoms with Gasteiger partial charge in [0.25, 0.3) is 0 Å². The van der Waals surface area contributed by atoms with Crippen LogP contribution in [-0.4, -0.2) is 0 Å². The Kier molecular flexibility index (Phi) is 16.6. The summed E-state index contributed by atoms with van der Waals surface area (Å²) in [5.74, 6) is 0. The number of hydrogen-bond donors (Lipinski definition) is 0. The Labute approximate surface area is 592 Å². The van der Waals surface area contributed by atoms with Gasteiger partial charge in [0, 0.05) is 68.2 Å². The standard InChI is InChI=1S/C97H70N4/c1-9-29-81(30-10-1)98(82-31-11-2-12-32-82)89-57-49-71(50-58-89)75-65-76(72-51-59-90(60-52-72)99(83-33-13-3-14-34-83)84-35-15-4-16-36-84)68-79(67-75)97(95-47-27-25-45-93(95)94-46-26-28-48-96(94)97)80-69-77(73-53-61-91(62-54-73)100(85-37-17-5-18-38-85)86-39-19-6-20-40-86)66-78(70-80)74-55-63-92(64-56-74)101(87-41-21-7-22-42-87)88-43-23-8-24-44-88/h1-70H. The summed E-state index contributed by atoms with van der Waals surface area (Å²) in [5, 5.41) is 0. The highest BCUT2D eigenvalue weighted by atomic mass is 15.2. The molecule has 0 atom stereocenters. The third kappa shape index (κ3) is 11.9. The van der Waals surface area contributed by atoms with Crippen LogP contribution >= 0.6 is 0 Å². The smallest absolute Gasteiger partial charge is 0.0714 e. The molecule has 0 aromatic heterocycles. The summed E-state index contributed by atoms with van der Waals surface area (Å²) < 4.78 is 0. The largest absolute Gasteiger partial charge is 0.311 e. The summed E-state index contributed by atoms with van der Waals surface area (Å²) >= 11 is 0. The van der Waals surface area contributed by atoms with Crippen LogP contribution < -0.4 is 19.6 Å². The molecule has 0 spiro atoms. The van der Waals surface area contributed by atoms with Crippen molar-refractivity contribution in [3.05, 3.63) is 447 Å². The van der Waals surface area contributed by atoms with Crippen LogP contribution in [0.4, 0.5) is 68.2 Å². The summed E-state index contributed by atoms with van der Waals surface area (Å²) in [5.41, 5.74) is 28.3. The minimum Gasteiger partial charge on any atom is -0.311 e. The van der Waals surface area contributed by atoms with E-state index in [0.717, 1.165) is 124 Å². The number of nitrogens with zero attached hydrogens (tertiary/aromatic N) is 4. The Bertz CT molecular complexity index is 4670. The summed E-state index contributed by atoms with van der Waals surface area (Å²) in [6, 6.07) is 155. The molecule has 0 fully saturated rings. The molecule has 0 saturated heterocycles. The Morgan fingerprint density at radius 2 is 0.307 bits per heavy atom. The molecule has 16 aromatic rings. The predicted molar refractivity (Wildman–Crippen MR) is 424 cm³/mol. The van der Waals surface area contributed by atoms with Gasteiger partial charge in [-0.1, -0.05) is 243 Å². The number of anilines is 12. The molecule has 0 saturated carbocycles. The fourth-order valence-corrected chi connectivity index (χ4v) is 15.0. The van der Waals surface area contributed by atoms with E-state index in [4.69, 9.17) is 0 Å². The van der Waals surface area contributed by atoms with Crippen LogP contribution in [0.15, 0.2) is 425 Å². The van der Waals surface area contributed by atoms with Crippen molar-refractivity contribution < 1.29 is 0 Å². The third-order valence-electron chi connectivity index (χ3n) is 19.6. The first-order valence-corrected chi connectivity index (χ1v) is 34.6. The van der Waals surface area contributed by atoms with Gasteiger partial charge < -0.3 is 19.6 Å². The van der Waals surface area contributed by atoms with E-state index in [1.165, 1.54) is 22.3 Å². The first-order valence-electron chi connectivity index (χ1n) is 34.6. The molecule has 4 nitrogen and oxygen atoms in total.